The van der Waals surface area contributed by atoms with Gasteiger partial charge in [-0.05, 0) is 56.0 Å². The van der Waals surface area contributed by atoms with E-state index in [1.807, 2.05) is 67.1 Å². The molecule has 0 spiro atoms. The van der Waals surface area contributed by atoms with Gasteiger partial charge in [-0.25, -0.2) is 4.68 Å². The summed E-state index contributed by atoms with van der Waals surface area (Å²) in [5.41, 5.74) is 5.68. The van der Waals surface area contributed by atoms with Gasteiger partial charge in [0, 0.05) is 18.3 Å². The molecule has 0 aliphatic carbocycles. The van der Waals surface area contributed by atoms with E-state index in [-0.39, 0.29) is 5.91 Å². The average Bonchev–Trinajstić information content (AvgIpc) is 3.15. The van der Waals surface area contributed by atoms with Crippen molar-refractivity contribution in [1.29, 1.82) is 0 Å². The lowest BCUT2D eigenvalue weighted by Crippen LogP contribution is -2.30. The summed E-state index contributed by atoms with van der Waals surface area (Å²) in [6.07, 6.45) is 0.243. The molecule has 0 saturated heterocycles. The monoisotopic (exact) mass is 428 g/mol. The molecule has 6 nitrogen and oxygen atoms in total. The lowest BCUT2D eigenvalue weighted by molar-refractivity contribution is -0.122. The third-order valence-electron chi connectivity index (χ3n) is 5.53. The minimum Gasteiger partial charge on any atom is -0.464 e. The Morgan fingerprint density at radius 2 is 1.81 bits per heavy atom. The fourth-order valence-electron chi connectivity index (χ4n) is 3.76. The number of nitrogens with one attached hydrogen (secondary N) is 1. The molecule has 0 fully saturated rings. The van der Waals surface area contributed by atoms with Gasteiger partial charge in [0.1, 0.15) is 0 Å². The van der Waals surface area contributed by atoms with E-state index in [0.717, 1.165) is 40.0 Å². The first kappa shape index (κ1) is 21.6. The van der Waals surface area contributed by atoms with Gasteiger partial charge in [-0.1, -0.05) is 49.4 Å². The molecule has 0 bridgehead atoms. The van der Waals surface area contributed by atoms with Crippen molar-refractivity contribution in [3.05, 3.63) is 71.9 Å². The molecule has 0 aliphatic rings. The molecule has 4 aromatic rings. The summed E-state index contributed by atoms with van der Waals surface area (Å²) in [6.45, 7) is 8.54. The van der Waals surface area contributed by atoms with Crippen molar-refractivity contribution in [2.24, 2.45) is 0 Å². The third-order valence-corrected chi connectivity index (χ3v) is 5.53. The zero-order valence-electron chi connectivity index (χ0n) is 18.9. The molecular weight excluding hydrogens is 400 g/mol. The van der Waals surface area contributed by atoms with Crippen LogP contribution < -0.4 is 10.1 Å². The number of ether oxygens (including phenoxy) is 1. The molecule has 0 saturated carbocycles. The van der Waals surface area contributed by atoms with Crippen molar-refractivity contribution in [2.75, 3.05) is 5.32 Å². The minimum absolute atomic E-state index is 0.224. The van der Waals surface area contributed by atoms with Gasteiger partial charge >= 0.3 is 0 Å². The van der Waals surface area contributed by atoms with Crippen LogP contribution in [0.4, 0.5) is 5.69 Å². The highest BCUT2D eigenvalue weighted by atomic mass is 16.5. The number of anilines is 1. The number of carbonyl (C=O) groups excluding carboxylic acids is 1. The number of amides is 1. The highest BCUT2D eigenvalue weighted by molar-refractivity contribution is 5.96. The van der Waals surface area contributed by atoms with Crippen LogP contribution in [0.3, 0.4) is 0 Å². The van der Waals surface area contributed by atoms with Crippen molar-refractivity contribution in [3.8, 4) is 17.0 Å². The van der Waals surface area contributed by atoms with Crippen LogP contribution in [-0.4, -0.2) is 26.8 Å². The van der Waals surface area contributed by atoms with E-state index in [0.29, 0.717) is 12.4 Å². The van der Waals surface area contributed by atoms with Gasteiger partial charge in [-0.15, -0.1) is 0 Å². The summed E-state index contributed by atoms with van der Waals surface area (Å²) < 4.78 is 7.87. The van der Waals surface area contributed by atoms with Crippen LogP contribution in [0, 0.1) is 6.92 Å². The van der Waals surface area contributed by atoms with E-state index in [9.17, 15) is 4.79 Å². The maximum absolute atomic E-state index is 12.7. The van der Waals surface area contributed by atoms with Crippen molar-refractivity contribution in [3.63, 3.8) is 0 Å². The fourth-order valence-corrected chi connectivity index (χ4v) is 3.76. The average molecular weight is 429 g/mol. The van der Waals surface area contributed by atoms with Crippen LogP contribution in [0.15, 0.2) is 60.7 Å². The Morgan fingerprint density at radius 3 is 2.47 bits per heavy atom. The SMILES string of the molecule is CCc1ccc(NC(=O)[C@H](C)Oc2cc(-c3ccccc3)c3c(C)nn(CC)c3n2)cc1. The number of hydrogen-bond acceptors (Lipinski definition) is 4. The van der Waals surface area contributed by atoms with Crippen molar-refractivity contribution >= 4 is 22.6 Å². The Hall–Kier alpha value is -3.67. The topological polar surface area (TPSA) is 69.0 Å². The number of aromatic nitrogens is 3. The molecule has 2 heterocycles. The largest absolute Gasteiger partial charge is 0.464 e. The van der Waals surface area contributed by atoms with E-state index >= 15 is 0 Å². The van der Waals surface area contributed by atoms with Crippen LogP contribution >= 0.6 is 0 Å². The summed E-state index contributed by atoms with van der Waals surface area (Å²) in [5, 5.41) is 8.55. The number of carbonyl (C=O) groups is 1. The highest BCUT2D eigenvalue weighted by Crippen LogP contribution is 2.33. The normalized spacial score (nSPS) is 12.0. The molecule has 2 aromatic heterocycles. The standard InChI is InChI=1S/C26H28N4O2/c1-5-19-12-14-21(15-13-19)27-26(31)18(4)32-23-16-22(20-10-8-7-9-11-20)24-17(3)29-30(6-2)25(24)28-23/h7-16,18H,5-6H2,1-4H3,(H,27,31)/t18-/m0/s1. The van der Waals surface area contributed by atoms with E-state index in [2.05, 4.69) is 29.5 Å². The van der Waals surface area contributed by atoms with Crippen LogP contribution in [0.5, 0.6) is 5.88 Å². The molecular formula is C26H28N4O2. The Bertz CT molecular complexity index is 1230. The predicted octanol–water partition coefficient (Wildman–Crippen LogP) is 5.40. The second kappa shape index (κ2) is 9.22. The van der Waals surface area contributed by atoms with E-state index < -0.39 is 6.10 Å². The number of fused-ring (bicyclic) bond motifs is 1. The number of pyridine rings is 1. The van der Waals surface area contributed by atoms with Crippen molar-refractivity contribution in [1.82, 2.24) is 14.8 Å². The maximum atomic E-state index is 12.7. The van der Waals surface area contributed by atoms with Gasteiger partial charge in [-0.3, -0.25) is 4.79 Å². The summed E-state index contributed by atoms with van der Waals surface area (Å²) >= 11 is 0. The van der Waals surface area contributed by atoms with Gasteiger partial charge in [-0.2, -0.15) is 10.1 Å². The van der Waals surface area contributed by atoms with Gasteiger partial charge in [0.2, 0.25) is 5.88 Å². The Morgan fingerprint density at radius 1 is 1.09 bits per heavy atom. The molecule has 164 valence electrons. The molecule has 2 aromatic carbocycles. The molecule has 0 radical (unpaired) electrons. The van der Waals surface area contributed by atoms with E-state index in [1.165, 1.54) is 5.56 Å². The van der Waals surface area contributed by atoms with Gasteiger partial charge < -0.3 is 10.1 Å². The molecule has 4 rings (SSSR count). The fraction of sp³-hybridized carbons (Fsp3) is 0.269. The molecule has 0 unspecified atom stereocenters. The Labute approximate surface area is 188 Å². The zero-order valence-corrected chi connectivity index (χ0v) is 18.9. The maximum Gasteiger partial charge on any atom is 0.265 e. The predicted molar refractivity (Wildman–Crippen MR) is 128 cm³/mol. The summed E-state index contributed by atoms with van der Waals surface area (Å²) in [6, 6.07) is 19.8. The molecule has 1 amide bonds. The van der Waals surface area contributed by atoms with Crippen molar-refractivity contribution in [2.45, 2.75) is 46.8 Å². The van der Waals surface area contributed by atoms with Crippen LogP contribution in [0.1, 0.15) is 32.0 Å². The lowest BCUT2D eigenvalue weighted by Gasteiger charge is -2.16. The quantitative estimate of drug-likeness (QED) is 0.428. The van der Waals surface area contributed by atoms with Crippen LogP contribution in [0.25, 0.3) is 22.2 Å². The molecule has 0 aliphatic heterocycles. The van der Waals surface area contributed by atoms with E-state index in [4.69, 9.17) is 9.72 Å². The minimum atomic E-state index is -0.714. The second-order valence-corrected chi connectivity index (χ2v) is 7.77. The molecule has 6 heteroatoms. The third kappa shape index (κ3) is 4.35. The summed E-state index contributed by atoms with van der Waals surface area (Å²) in [4.78, 5) is 17.4. The molecule has 1 atom stereocenters. The summed E-state index contributed by atoms with van der Waals surface area (Å²) in [5.74, 6) is 0.174. The highest BCUT2D eigenvalue weighted by Gasteiger charge is 2.20. The lowest BCUT2D eigenvalue weighted by atomic mass is 10.0. The first-order chi connectivity index (χ1) is 15.5. The number of benzene rings is 2. The summed E-state index contributed by atoms with van der Waals surface area (Å²) in [7, 11) is 0. The number of aryl methyl sites for hydroxylation is 3. The van der Waals surface area contributed by atoms with Gasteiger partial charge in [0.25, 0.3) is 5.91 Å². The Balaban J connectivity index is 1.64. The number of rotatable bonds is 7. The second-order valence-electron chi connectivity index (χ2n) is 7.77. The first-order valence-electron chi connectivity index (χ1n) is 11.0. The zero-order chi connectivity index (χ0) is 22.7. The first-order valence-corrected chi connectivity index (χ1v) is 11.0. The van der Waals surface area contributed by atoms with Crippen molar-refractivity contribution < 1.29 is 9.53 Å². The van der Waals surface area contributed by atoms with Crippen LogP contribution in [-0.2, 0) is 17.8 Å². The van der Waals surface area contributed by atoms with E-state index in [1.54, 1.807) is 6.92 Å². The Kier molecular flexibility index (Phi) is 6.21. The van der Waals surface area contributed by atoms with Gasteiger partial charge in [0.05, 0.1) is 11.1 Å². The smallest absolute Gasteiger partial charge is 0.265 e. The number of nitrogens with zero attached hydrogens (tertiary/aromatic N) is 3. The number of hydrogen-bond donors (Lipinski definition) is 1. The molecule has 1 N–H and O–H groups in total. The molecule has 32 heavy (non-hydrogen) atoms. The van der Waals surface area contributed by atoms with Crippen LogP contribution in [0.2, 0.25) is 0 Å². The van der Waals surface area contributed by atoms with Gasteiger partial charge in [0.15, 0.2) is 11.8 Å².